The predicted molar refractivity (Wildman–Crippen MR) is 147 cm³/mol. The zero-order valence-electron chi connectivity index (χ0n) is 21.1. The largest absolute Gasteiger partial charge is 0.364 e. The van der Waals surface area contributed by atoms with E-state index in [0.717, 1.165) is 28.1 Å². The van der Waals surface area contributed by atoms with Gasteiger partial charge in [0.15, 0.2) is 6.29 Å². The van der Waals surface area contributed by atoms with Crippen molar-refractivity contribution in [2.24, 2.45) is 0 Å². The lowest BCUT2D eigenvalue weighted by Crippen LogP contribution is -2.34. The van der Waals surface area contributed by atoms with Crippen LogP contribution in [0, 0.1) is 6.92 Å². The number of ether oxygens (including phenoxy) is 1. The third kappa shape index (κ3) is 4.79. The Balaban J connectivity index is 1.81. The van der Waals surface area contributed by atoms with Crippen LogP contribution in [0.15, 0.2) is 101 Å². The van der Waals surface area contributed by atoms with Crippen molar-refractivity contribution in [3.63, 3.8) is 0 Å². The number of fused-ring (bicyclic) bond motifs is 1. The molecule has 0 amide bonds. The summed E-state index contributed by atoms with van der Waals surface area (Å²) in [6.07, 6.45) is -1.14. The van der Waals surface area contributed by atoms with Crippen LogP contribution < -0.4 is 16.3 Å². The number of hydrogen-bond acceptors (Lipinski definition) is 6. The average Bonchev–Trinajstić information content (AvgIpc) is 2.90. The van der Waals surface area contributed by atoms with Gasteiger partial charge in [0.1, 0.15) is 11.6 Å². The van der Waals surface area contributed by atoms with Crippen LogP contribution in [0.3, 0.4) is 0 Å². The van der Waals surface area contributed by atoms with Crippen molar-refractivity contribution in [1.29, 1.82) is 0 Å². The van der Waals surface area contributed by atoms with Gasteiger partial charge in [-0.15, -0.1) is 0 Å². The van der Waals surface area contributed by atoms with Crippen LogP contribution in [0.5, 0.6) is 0 Å². The van der Waals surface area contributed by atoms with Crippen LogP contribution in [0.4, 0.5) is 17.3 Å². The molecule has 1 aliphatic rings. The molecular weight excluding hydrogens is 464 g/mol. The summed E-state index contributed by atoms with van der Waals surface area (Å²) < 4.78 is 7.26. The van der Waals surface area contributed by atoms with Crippen LogP contribution in [-0.4, -0.2) is 27.6 Å². The van der Waals surface area contributed by atoms with Gasteiger partial charge in [0.25, 0.3) is 0 Å². The standard InChI is InChI=1S/C30H30N4O3/c1-4-37-29(35)24-20(3)31-28-26(25(24)21-11-7-5-8-12-21)27(32-22-17-15-19(2)16-18-22)33-30(36)34(28)23-13-9-6-10-14-23/h5-18,25,29,31,35H,4H2,1-3H3,(H,32,33,36). The highest BCUT2D eigenvalue weighted by Gasteiger charge is 2.37. The number of para-hydroxylation sites is 1. The van der Waals surface area contributed by atoms with Gasteiger partial charge in [0, 0.05) is 35.0 Å². The van der Waals surface area contributed by atoms with Gasteiger partial charge in [-0.05, 0) is 50.6 Å². The van der Waals surface area contributed by atoms with Crippen molar-refractivity contribution in [2.45, 2.75) is 33.0 Å². The molecule has 7 nitrogen and oxygen atoms in total. The lowest BCUT2D eigenvalue weighted by Gasteiger charge is -2.35. The molecule has 1 aromatic heterocycles. The third-order valence-corrected chi connectivity index (χ3v) is 6.52. The number of allylic oxidation sites excluding steroid dienone is 1. The number of aliphatic hydroxyl groups excluding tert-OH is 1. The first-order valence-corrected chi connectivity index (χ1v) is 12.4. The van der Waals surface area contributed by atoms with Crippen molar-refractivity contribution in [2.75, 3.05) is 17.2 Å². The van der Waals surface area contributed by atoms with Gasteiger partial charge in [0.2, 0.25) is 0 Å². The molecule has 3 N–H and O–H groups in total. The molecule has 188 valence electrons. The number of benzene rings is 3. The minimum atomic E-state index is -1.14. The number of aromatic nitrogens is 2. The fraction of sp³-hybridized carbons (Fsp3) is 0.200. The van der Waals surface area contributed by atoms with Crippen LogP contribution in [0.1, 0.15) is 36.5 Å². The monoisotopic (exact) mass is 494 g/mol. The van der Waals surface area contributed by atoms with Gasteiger partial charge in [-0.1, -0.05) is 66.2 Å². The van der Waals surface area contributed by atoms with E-state index in [1.807, 2.05) is 106 Å². The molecule has 37 heavy (non-hydrogen) atoms. The fourth-order valence-corrected chi connectivity index (χ4v) is 4.81. The van der Waals surface area contributed by atoms with Gasteiger partial charge in [-0.2, -0.15) is 4.98 Å². The fourth-order valence-electron chi connectivity index (χ4n) is 4.81. The third-order valence-electron chi connectivity index (χ3n) is 6.52. The van der Waals surface area contributed by atoms with Gasteiger partial charge in [-0.25, -0.2) is 9.36 Å². The minimum absolute atomic E-state index is 0.350. The summed E-state index contributed by atoms with van der Waals surface area (Å²) in [6.45, 7) is 6.11. The molecule has 4 aromatic rings. The zero-order valence-corrected chi connectivity index (χ0v) is 21.1. The molecule has 0 radical (unpaired) electrons. The minimum Gasteiger partial charge on any atom is -0.364 e. The van der Waals surface area contributed by atoms with Crippen molar-refractivity contribution in [3.8, 4) is 5.69 Å². The topological polar surface area (TPSA) is 88.4 Å². The molecular formula is C30H30N4O3. The SMILES string of the molecule is CCOC(O)C1=C(C)Nc2c(c(Nc3ccc(C)cc3)nc(=O)n2-c2ccccc2)C1c1ccccc1. The Morgan fingerprint density at radius 2 is 1.65 bits per heavy atom. The molecule has 0 saturated heterocycles. The van der Waals surface area contributed by atoms with E-state index in [-0.39, 0.29) is 0 Å². The summed E-state index contributed by atoms with van der Waals surface area (Å²) in [5.74, 6) is 0.598. The average molecular weight is 495 g/mol. The highest BCUT2D eigenvalue weighted by atomic mass is 16.6. The van der Waals surface area contributed by atoms with E-state index in [2.05, 4.69) is 15.6 Å². The molecule has 0 fully saturated rings. The molecule has 2 atom stereocenters. The molecule has 2 unspecified atom stereocenters. The van der Waals surface area contributed by atoms with Crippen molar-refractivity contribution >= 4 is 17.3 Å². The highest BCUT2D eigenvalue weighted by molar-refractivity contribution is 5.74. The Morgan fingerprint density at radius 3 is 2.30 bits per heavy atom. The molecule has 0 spiro atoms. The maximum Gasteiger partial charge on any atom is 0.355 e. The number of aliphatic hydroxyl groups is 1. The molecule has 0 aliphatic carbocycles. The summed E-state index contributed by atoms with van der Waals surface area (Å²) in [5, 5.41) is 17.9. The number of hydrogen-bond donors (Lipinski definition) is 3. The number of anilines is 3. The second kappa shape index (κ2) is 10.4. The summed E-state index contributed by atoms with van der Waals surface area (Å²) >= 11 is 0. The summed E-state index contributed by atoms with van der Waals surface area (Å²) in [6, 6.07) is 27.2. The lowest BCUT2D eigenvalue weighted by atomic mass is 9.81. The summed E-state index contributed by atoms with van der Waals surface area (Å²) in [4.78, 5) is 18.0. The Morgan fingerprint density at radius 1 is 1.00 bits per heavy atom. The van der Waals surface area contributed by atoms with Gasteiger partial charge < -0.3 is 20.5 Å². The number of rotatable bonds is 7. The predicted octanol–water partition coefficient (Wildman–Crippen LogP) is 5.47. The molecule has 3 aromatic carbocycles. The smallest absolute Gasteiger partial charge is 0.355 e. The molecule has 0 saturated carbocycles. The van der Waals surface area contributed by atoms with E-state index in [0.29, 0.717) is 29.5 Å². The van der Waals surface area contributed by atoms with E-state index in [4.69, 9.17) is 4.74 Å². The first-order chi connectivity index (χ1) is 18.0. The van der Waals surface area contributed by atoms with E-state index >= 15 is 0 Å². The zero-order chi connectivity index (χ0) is 25.9. The molecule has 0 bridgehead atoms. The maximum absolute atomic E-state index is 13.5. The van der Waals surface area contributed by atoms with E-state index in [1.165, 1.54) is 0 Å². The van der Waals surface area contributed by atoms with E-state index < -0.39 is 17.9 Å². The van der Waals surface area contributed by atoms with Crippen LogP contribution in [-0.2, 0) is 4.74 Å². The molecule has 7 heteroatoms. The normalized spacial score (nSPS) is 15.6. The van der Waals surface area contributed by atoms with Crippen LogP contribution in [0.25, 0.3) is 5.69 Å². The molecule has 2 heterocycles. The Kier molecular flexibility index (Phi) is 6.90. The van der Waals surface area contributed by atoms with Crippen LogP contribution in [0.2, 0.25) is 0 Å². The maximum atomic E-state index is 13.5. The van der Waals surface area contributed by atoms with Crippen molar-refractivity contribution in [3.05, 3.63) is 123 Å². The van der Waals surface area contributed by atoms with Crippen LogP contribution >= 0.6 is 0 Å². The highest BCUT2D eigenvalue weighted by Crippen LogP contribution is 2.46. The van der Waals surface area contributed by atoms with Gasteiger partial charge in [0.05, 0.1) is 5.69 Å². The van der Waals surface area contributed by atoms with E-state index in [9.17, 15) is 9.90 Å². The Bertz CT molecular complexity index is 1480. The molecule has 1 aliphatic heterocycles. The quantitative estimate of drug-likeness (QED) is 0.295. The number of aryl methyl sites for hydroxylation is 1. The first-order valence-electron chi connectivity index (χ1n) is 12.4. The number of nitrogens with zero attached hydrogens (tertiary/aromatic N) is 2. The first kappa shape index (κ1) is 24.5. The van der Waals surface area contributed by atoms with E-state index in [1.54, 1.807) is 4.57 Å². The second-order valence-corrected chi connectivity index (χ2v) is 9.02. The lowest BCUT2D eigenvalue weighted by molar-refractivity contribution is -0.0702. The van der Waals surface area contributed by atoms with Gasteiger partial charge >= 0.3 is 5.69 Å². The summed E-state index contributed by atoms with van der Waals surface area (Å²) in [7, 11) is 0. The molecule has 5 rings (SSSR count). The van der Waals surface area contributed by atoms with Gasteiger partial charge in [-0.3, -0.25) is 0 Å². The summed E-state index contributed by atoms with van der Waals surface area (Å²) in [5.41, 5.74) is 5.30. The van der Waals surface area contributed by atoms with Crippen molar-refractivity contribution in [1.82, 2.24) is 9.55 Å². The number of nitrogens with one attached hydrogen (secondary N) is 2. The second-order valence-electron chi connectivity index (χ2n) is 9.02. The Labute approximate surface area is 216 Å². The van der Waals surface area contributed by atoms with Crippen molar-refractivity contribution < 1.29 is 9.84 Å². The Hall–Kier alpha value is -4.20.